The number of ether oxygens (including phenoxy) is 1. The predicted molar refractivity (Wildman–Crippen MR) is 57.8 cm³/mol. The zero-order valence-corrected chi connectivity index (χ0v) is 9.72. The smallest absolute Gasteiger partial charge is 0.419 e. The summed E-state index contributed by atoms with van der Waals surface area (Å²) in [5, 5.41) is 0.888. The average molecular weight is 213 g/mol. The Kier molecular flexibility index (Phi) is 3.26. The predicted octanol–water partition coefficient (Wildman–Crippen LogP) is 2.99. The van der Waals surface area contributed by atoms with Gasteiger partial charge in [0.2, 0.25) is 0 Å². The van der Waals surface area contributed by atoms with E-state index in [0.29, 0.717) is 0 Å². The van der Waals surface area contributed by atoms with Crippen LogP contribution in [0.4, 0.5) is 4.79 Å². The Hall–Kier alpha value is -0.900. The molecule has 0 saturated carbocycles. The van der Waals surface area contributed by atoms with Gasteiger partial charge in [-0.25, -0.2) is 9.36 Å². The highest BCUT2D eigenvalue weighted by Crippen LogP contribution is 2.17. The van der Waals surface area contributed by atoms with Crippen molar-refractivity contribution >= 4 is 17.9 Å². The third-order valence-corrected chi connectivity index (χ3v) is 2.26. The quantitative estimate of drug-likeness (QED) is 0.672. The molecular weight excluding hydrogens is 198 g/mol. The van der Waals surface area contributed by atoms with Crippen molar-refractivity contribution in [2.75, 3.05) is 6.26 Å². The standard InChI is InChI=1S/C10H15NO2S/c1-10(2,3)13-9(12)11-7-5-6-8(11)14-4/h5-7H,1-4H3. The minimum atomic E-state index is -0.447. The van der Waals surface area contributed by atoms with Crippen LogP contribution in [0.1, 0.15) is 20.8 Å². The van der Waals surface area contributed by atoms with E-state index in [9.17, 15) is 4.79 Å². The zero-order valence-electron chi connectivity index (χ0n) is 8.90. The highest BCUT2D eigenvalue weighted by molar-refractivity contribution is 7.98. The molecule has 0 saturated heterocycles. The summed E-state index contributed by atoms with van der Waals surface area (Å²) in [5.74, 6) is 0. The molecule has 0 N–H and O–H groups in total. The van der Waals surface area contributed by atoms with Crippen molar-refractivity contribution in [3.63, 3.8) is 0 Å². The van der Waals surface area contributed by atoms with E-state index in [2.05, 4.69) is 0 Å². The maximum Gasteiger partial charge on any atom is 0.419 e. The van der Waals surface area contributed by atoms with Crippen molar-refractivity contribution in [3.05, 3.63) is 18.3 Å². The van der Waals surface area contributed by atoms with Crippen LogP contribution in [0.15, 0.2) is 23.4 Å². The number of aromatic nitrogens is 1. The van der Waals surface area contributed by atoms with E-state index in [1.807, 2.05) is 39.2 Å². The largest absolute Gasteiger partial charge is 0.443 e. The second kappa shape index (κ2) is 4.09. The molecule has 0 spiro atoms. The van der Waals surface area contributed by atoms with Gasteiger partial charge >= 0.3 is 6.09 Å². The van der Waals surface area contributed by atoms with E-state index >= 15 is 0 Å². The molecule has 1 aromatic heterocycles. The molecule has 0 aromatic carbocycles. The van der Waals surface area contributed by atoms with Gasteiger partial charge in [0.15, 0.2) is 0 Å². The number of rotatable bonds is 1. The van der Waals surface area contributed by atoms with Crippen molar-refractivity contribution in [3.8, 4) is 0 Å². The fourth-order valence-corrected chi connectivity index (χ4v) is 1.54. The van der Waals surface area contributed by atoms with Gasteiger partial charge in [0, 0.05) is 6.20 Å². The number of carbonyl (C=O) groups excluding carboxylic acids is 1. The molecule has 78 valence electrons. The number of nitrogens with zero attached hydrogens (tertiary/aromatic N) is 1. The second-order valence-electron chi connectivity index (χ2n) is 3.90. The molecular formula is C10H15NO2S. The molecule has 0 aliphatic rings. The Morgan fingerprint density at radius 1 is 1.50 bits per heavy atom. The van der Waals surface area contributed by atoms with Gasteiger partial charge in [-0.3, -0.25) is 0 Å². The van der Waals surface area contributed by atoms with Gasteiger partial charge in [-0.05, 0) is 39.2 Å². The minimum Gasteiger partial charge on any atom is -0.443 e. The van der Waals surface area contributed by atoms with Crippen LogP contribution in [0.5, 0.6) is 0 Å². The number of hydrogen-bond donors (Lipinski definition) is 0. The second-order valence-corrected chi connectivity index (χ2v) is 4.73. The van der Waals surface area contributed by atoms with Crippen LogP contribution < -0.4 is 0 Å². The molecule has 1 aromatic rings. The molecule has 0 aliphatic carbocycles. The summed E-state index contributed by atoms with van der Waals surface area (Å²) >= 11 is 1.52. The first-order valence-corrected chi connectivity index (χ1v) is 5.61. The minimum absolute atomic E-state index is 0.327. The van der Waals surface area contributed by atoms with Crippen molar-refractivity contribution in [2.45, 2.75) is 31.4 Å². The van der Waals surface area contributed by atoms with Crippen molar-refractivity contribution < 1.29 is 9.53 Å². The molecule has 0 radical (unpaired) electrons. The van der Waals surface area contributed by atoms with Gasteiger partial charge in [0.25, 0.3) is 0 Å². The summed E-state index contributed by atoms with van der Waals surface area (Å²) < 4.78 is 6.75. The molecule has 0 bridgehead atoms. The average Bonchev–Trinajstić information content (AvgIpc) is 2.47. The van der Waals surface area contributed by atoms with Gasteiger partial charge in [0.05, 0.1) is 5.03 Å². The Labute approximate surface area is 88.4 Å². The highest BCUT2D eigenvalue weighted by Gasteiger charge is 2.18. The van der Waals surface area contributed by atoms with Crippen molar-refractivity contribution in [1.82, 2.24) is 4.57 Å². The Bertz CT molecular complexity index is 325. The van der Waals surface area contributed by atoms with Gasteiger partial charge < -0.3 is 4.74 Å². The maximum absolute atomic E-state index is 11.6. The summed E-state index contributed by atoms with van der Waals surface area (Å²) in [6.07, 6.45) is 3.31. The molecule has 0 fully saturated rings. The number of carbonyl (C=O) groups is 1. The topological polar surface area (TPSA) is 31.2 Å². The van der Waals surface area contributed by atoms with Crippen molar-refractivity contribution in [2.24, 2.45) is 0 Å². The summed E-state index contributed by atoms with van der Waals surface area (Å²) in [7, 11) is 0. The first-order chi connectivity index (χ1) is 6.44. The Balaban J connectivity index is 2.80. The lowest BCUT2D eigenvalue weighted by Crippen LogP contribution is -2.27. The Morgan fingerprint density at radius 3 is 2.64 bits per heavy atom. The van der Waals surface area contributed by atoms with Crippen molar-refractivity contribution in [1.29, 1.82) is 0 Å². The lowest BCUT2D eigenvalue weighted by Gasteiger charge is -2.20. The third-order valence-electron chi connectivity index (χ3n) is 1.51. The molecule has 0 aliphatic heterocycles. The lowest BCUT2D eigenvalue weighted by molar-refractivity contribution is 0.0524. The van der Waals surface area contributed by atoms with E-state index in [4.69, 9.17) is 4.74 Å². The molecule has 4 heteroatoms. The first-order valence-electron chi connectivity index (χ1n) is 4.39. The fourth-order valence-electron chi connectivity index (χ4n) is 0.994. The molecule has 0 atom stereocenters. The Morgan fingerprint density at radius 2 is 2.14 bits per heavy atom. The van der Waals surface area contributed by atoms with Crippen LogP contribution >= 0.6 is 11.8 Å². The third kappa shape index (κ3) is 2.80. The van der Waals surface area contributed by atoms with E-state index in [1.165, 1.54) is 16.3 Å². The lowest BCUT2D eigenvalue weighted by atomic mass is 10.2. The van der Waals surface area contributed by atoms with E-state index in [1.54, 1.807) is 6.20 Å². The molecule has 1 rings (SSSR count). The molecule has 1 heterocycles. The van der Waals surface area contributed by atoms with Crippen LogP contribution in [0.25, 0.3) is 0 Å². The SMILES string of the molecule is CSc1cccn1C(=O)OC(C)(C)C. The van der Waals surface area contributed by atoms with Gasteiger partial charge in [-0.1, -0.05) is 0 Å². The zero-order chi connectivity index (χ0) is 10.8. The molecule has 3 nitrogen and oxygen atoms in total. The number of thioether (sulfide) groups is 1. The molecule has 0 unspecified atom stereocenters. The molecule has 14 heavy (non-hydrogen) atoms. The van der Waals surface area contributed by atoms with E-state index in [0.717, 1.165) is 5.03 Å². The van der Waals surface area contributed by atoms with Gasteiger partial charge in [-0.15, -0.1) is 11.8 Å². The van der Waals surface area contributed by atoms with E-state index < -0.39 is 5.60 Å². The first kappa shape index (κ1) is 11.2. The van der Waals surface area contributed by atoms with Crippen LogP contribution in [0.2, 0.25) is 0 Å². The highest BCUT2D eigenvalue weighted by atomic mass is 32.2. The summed E-state index contributed by atoms with van der Waals surface area (Å²) in [6, 6.07) is 3.71. The van der Waals surface area contributed by atoms with Crippen LogP contribution in [-0.4, -0.2) is 22.5 Å². The molecule has 0 amide bonds. The number of hydrogen-bond acceptors (Lipinski definition) is 3. The normalized spacial score (nSPS) is 11.4. The van der Waals surface area contributed by atoms with Gasteiger partial charge in [0.1, 0.15) is 5.60 Å². The monoisotopic (exact) mass is 213 g/mol. The summed E-state index contributed by atoms with van der Waals surface area (Å²) in [5.41, 5.74) is -0.447. The summed E-state index contributed by atoms with van der Waals surface area (Å²) in [4.78, 5) is 11.6. The van der Waals surface area contributed by atoms with Crippen LogP contribution in [0.3, 0.4) is 0 Å². The maximum atomic E-state index is 11.6. The van der Waals surface area contributed by atoms with Crippen LogP contribution in [0, 0.1) is 0 Å². The summed E-state index contributed by atoms with van der Waals surface area (Å²) in [6.45, 7) is 5.56. The van der Waals surface area contributed by atoms with Gasteiger partial charge in [-0.2, -0.15) is 0 Å². The van der Waals surface area contributed by atoms with E-state index in [-0.39, 0.29) is 6.09 Å². The van der Waals surface area contributed by atoms with Crippen LogP contribution in [-0.2, 0) is 4.74 Å². The fraction of sp³-hybridized carbons (Fsp3) is 0.500.